The van der Waals surface area contributed by atoms with Crippen LogP contribution in [0.1, 0.15) is 42.5 Å². The highest BCUT2D eigenvalue weighted by Gasteiger charge is 2.30. The smallest absolute Gasteiger partial charge is 0.253 e. The summed E-state index contributed by atoms with van der Waals surface area (Å²) in [5.41, 5.74) is 6.52. The lowest BCUT2D eigenvalue weighted by atomic mass is 9.83. The molecule has 2 aromatic rings. The number of nitrogens with two attached hydrogens (primary N) is 1. The molecule has 7 nitrogen and oxygen atoms in total. The molecule has 0 aliphatic heterocycles. The van der Waals surface area contributed by atoms with Crippen molar-refractivity contribution in [3.8, 4) is 0 Å². The number of hydrogen-bond acceptors (Lipinski definition) is 5. The molecule has 1 atom stereocenters. The van der Waals surface area contributed by atoms with Crippen LogP contribution in [0, 0.1) is 5.92 Å². The van der Waals surface area contributed by atoms with Crippen molar-refractivity contribution >= 4 is 46.5 Å². The first-order valence-electron chi connectivity index (χ1n) is 9.49. The van der Waals surface area contributed by atoms with E-state index in [1.54, 1.807) is 42.4 Å². The average Bonchev–Trinajstić information content (AvgIpc) is 2.72. The number of aromatic nitrogens is 2. The second kappa shape index (κ2) is 9.41. The summed E-state index contributed by atoms with van der Waals surface area (Å²) in [6.45, 7) is 0. The van der Waals surface area contributed by atoms with Gasteiger partial charge in [-0.3, -0.25) is 9.59 Å². The number of carbonyl (C=O) groups is 2. The third-order valence-electron chi connectivity index (χ3n) is 5.25. The predicted molar refractivity (Wildman–Crippen MR) is 114 cm³/mol. The van der Waals surface area contributed by atoms with Crippen LogP contribution >= 0.6 is 23.2 Å². The first kappa shape index (κ1) is 21.3. The highest BCUT2D eigenvalue weighted by atomic mass is 35.5. The van der Waals surface area contributed by atoms with Gasteiger partial charge in [0.15, 0.2) is 0 Å². The fourth-order valence-corrected chi connectivity index (χ4v) is 4.00. The van der Waals surface area contributed by atoms with Crippen molar-refractivity contribution in [2.24, 2.45) is 11.7 Å². The molecule has 0 spiro atoms. The predicted octanol–water partition coefficient (Wildman–Crippen LogP) is 3.72. The van der Waals surface area contributed by atoms with Gasteiger partial charge in [0.1, 0.15) is 11.9 Å². The van der Waals surface area contributed by atoms with E-state index in [0.29, 0.717) is 11.5 Å². The number of amides is 2. The highest BCUT2D eigenvalue weighted by molar-refractivity contribution is 6.34. The van der Waals surface area contributed by atoms with Crippen LogP contribution < -0.4 is 16.0 Å². The van der Waals surface area contributed by atoms with Gasteiger partial charge in [-0.2, -0.15) is 0 Å². The Morgan fingerprint density at radius 1 is 1.21 bits per heavy atom. The van der Waals surface area contributed by atoms with Gasteiger partial charge in [0.25, 0.3) is 5.91 Å². The molecule has 3 N–H and O–H groups in total. The molecule has 1 saturated carbocycles. The van der Waals surface area contributed by atoms with Crippen LogP contribution in [0.15, 0.2) is 30.5 Å². The van der Waals surface area contributed by atoms with Crippen molar-refractivity contribution in [1.29, 1.82) is 0 Å². The maximum absolute atomic E-state index is 12.9. The number of halogens is 2. The minimum Gasteiger partial charge on any atom is -0.368 e. The van der Waals surface area contributed by atoms with Crippen LogP contribution in [-0.2, 0) is 4.79 Å². The highest BCUT2D eigenvalue weighted by Crippen LogP contribution is 2.29. The third-order valence-corrected chi connectivity index (χ3v) is 5.76. The molecule has 0 radical (unpaired) electrons. The van der Waals surface area contributed by atoms with Crippen LogP contribution in [0.4, 0.5) is 11.5 Å². The standard InChI is InChI=1S/C20H23Cl2N5O2/c1-27(16-9-10-24-20(22)25-16)13-7-8-15(21)14(11-13)19(29)26-17(18(23)28)12-5-3-2-4-6-12/h7-12,17H,2-6H2,1H3,(H2,23,28)(H,26,29). The second-order valence-electron chi connectivity index (χ2n) is 7.16. The van der Waals surface area contributed by atoms with Gasteiger partial charge in [-0.05, 0) is 54.6 Å². The van der Waals surface area contributed by atoms with Crippen LogP contribution in [0.25, 0.3) is 0 Å². The number of primary amides is 1. The number of carbonyl (C=O) groups excluding carboxylic acids is 2. The maximum atomic E-state index is 12.9. The zero-order valence-electron chi connectivity index (χ0n) is 16.1. The molecular formula is C20H23Cl2N5O2. The Morgan fingerprint density at radius 3 is 2.59 bits per heavy atom. The van der Waals surface area contributed by atoms with Crippen molar-refractivity contribution < 1.29 is 9.59 Å². The van der Waals surface area contributed by atoms with Crippen LogP contribution in [-0.4, -0.2) is 34.9 Å². The van der Waals surface area contributed by atoms with E-state index in [4.69, 9.17) is 28.9 Å². The topological polar surface area (TPSA) is 101 Å². The van der Waals surface area contributed by atoms with Gasteiger partial charge in [-0.1, -0.05) is 30.9 Å². The SMILES string of the molecule is CN(c1ccc(Cl)c(C(=O)NC(C(N)=O)C2CCCCC2)c1)c1ccnc(Cl)n1. The summed E-state index contributed by atoms with van der Waals surface area (Å²) >= 11 is 12.1. The minimum atomic E-state index is -0.707. The summed E-state index contributed by atoms with van der Waals surface area (Å²) in [7, 11) is 1.79. The normalized spacial score (nSPS) is 15.6. The summed E-state index contributed by atoms with van der Waals surface area (Å²) in [4.78, 5) is 34.7. The number of benzene rings is 1. The van der Waals surface area contributed by atoms with Gasteiger partial charge >= 0.3 is 0 Å². The van der Waals surface area contributed by atoms with E-state index in [1.807, 2.05) is 0 Å². The van der Waals surface area contributed by atoms with Crippen LogP contribution in [0.3, 0.4) is 0 Å². The molecule has 1 fully saturated rings. The fourth-order valence-electron chi connectivity index (χ4n) is 3.65. The van der Waals surface area contributed by atoms with Crippen molar-refractivity contribution in [3.63, 3.8) is 0 Å². The molecule has 29 heavy (non-hydrogen) atoms. The van der Waals surface area contributed by atoms with Gasteiger partial charge in [-0.25, -0.2) is 9.97 Å². The van der Waals surface area contributed by atoms with E-state index in [-0.39, 0.29) is 21.8 Å². The Morgan fingerprint density at radius 2 is 1.93 bits per heavy atom. The van der Waals surface area contributed by atoms with Gasteiger partial charge < -0.3 is 16.0 Å². The van der Waals surface area contributed by atoms with E-state index in [9.17, 15) is 9.59 Å². The lowest BCUT2D eigenvalue weighted by Crippen LogP contribution is -2.49. The third kappa shape index (κ3) is 5.16. The molecular weight excluding hydrogens is 413 g/mol. The Balaban J connectivity index is 1.82. The van der Waals surface area contributed by atoms with Gasteiger partial charge in [0, 0.05) is 18.9 Å². The van der Waals surface area contributed by atoms with Crippen molar-refractivity contribution in [2.45, 2.75) is 38.1 Å². The van der Waals surface area contributed by atoms with Crippen molar-refractivity contribution in [1.82, 2.24) is 15.3 Å². The molecule has 3 rings (SSSR count). The molecule has 1 aromatic heterocycles. The van der Waals surface area contributed by atoms with E-state index in [0.717, 1.165) is 32.1 Å². The number of rotatable bonds is 6. The monoisotopic (exact) mass is 435 g/mol. The summed E-state index contributed by atoms with van der Waals surface area (Å²) in [5, 5.41) is 3.20. The molecule has 1 aromatic carbocycles. The molecule has 1 unspecified atom stereocenters. The molecule has 154 valence electrons. The van der Waals surface area contributed by atoms with Gasteiger partial charge in [0.2, 0.25) is 11.2 Å². The van der Waals surface area contributed by atoms with Crippen molar-refractivity contribution in [2.75, 3.05) is 11.9 Å². The lowest BCUT2D eigenvalue weighted by molar-refractivity contribution is -0.121. The molecule has 0 bridgehead atoms. The quantitative estimate of drug-likeness (QED) is 0.673. The first-order valence-corrected chi connectivity index (χ1v) is 10.2. The molecule has 2 amide bonds. The maximum Gasteiger partial charge on any atom is 0.253 e. The van der Waals surface area contributed by atoms with Gasteiger partial charge in [-0.15, -0.1) is 0 Å². The zero-order chi connectivity index (χ0) is 21.0. The largest absolute Gasteiger partial charge is 0.368 e. The Kier molecular flexibility index (Phi) is 6.92. The molecule has 9 heteroatoms. The average molecular weight is 436 g/mol. The molecule has 0 saturated heterocycles. The Bertz CT molecular complexity index is 902. The minimum absolute atomic E-state index is 0.0537. The number of anilines is 2. The van der Waals surface area contributed by atoms with Gasteiger partial charge in [0.05, 0.1) is 10.6 Å². The van der Waals surface area contributed by atoms with E-state index < -0.39 is 17.9 Å². The summed E-state index contributed by atoms with van der Waals surface area (Å²) in [5.74, 6) is -0.334. The summed E-state index contributed by atoms with van der Waals surface area (Å²) in [6.07, 6.45) is 6.51. The first-order chi connectivity index (χ1) is 13.9. The zero-order valence-corrected chi connectivity index (χ0v) is 17.6. The fraction of sp³-hybridized carbons (Fsp3) is 0.400. The van der Waals surface area contributed by atoms with E-state index in [2.05, 4.69) is 15.3 Å². The molecule has 1 aliphatic carbocycles. The van der Waals surface area contributed by atoms with Crippen LogP contribution in [0.5, 0.6) is 0 Å². The second-order valence-corrected chi connectivity index (χ2v) is 7.90. The van der Waals surface area contributed by atoms with E-state index in [1.165, 1.54) is 0 Å². The lowest BCUT2D eigenvalue weighted by Gasteiger charge is -2.29. The molecule has 1 aliphatic rings. The number of nitrogens with zero attached hydrogens (tertiary/aromatic N) is 3. The van der Waals surface area contributed by atoms with Crippen LogP contribution in [0.2, 0.25) is 10.3 Å². The Hall–Kier alpha value is -2.38. The van der Waals surface area contributed by atoms with E-state index >= 15 is 0 Å². The summed E-state index contributed by atoms with van der Waals surface area (Å²) in [6, 6.07) is 6.03. The number of nitrogens with one attached hydrogen (secondary N) is 1. The molecule has 1 heterocycles. The van der Waals surface area contributed by atoms with Crippen molar-refractivity contribution in [3.05, 3.63) is 46.3 Å². The number of hydrogen-bond donors (Lipinski definition) is 2. The Labute approximate surface area is 179 Å². The summed E-state index contributed by atoms with van der Waals surface area (Å²) < 4.78 is 0.